The highest BCUT2D eigenvalue weighted by Crippen LogP contribution is 2.19. The van der Waals surface area contributed by atoms with Gasteiger partial charge in [0.2, 0.25) is 0 Å². The molecule has 0 bridgehead atoms. The molecule has 0 saturated carbocycles. The molecule has 150 valence electrons. The predicted molar refractivity (Wildman–Crippen MR) is 104 cm³/mol. The van der Waals surface area contributed by atoms with Gasteiger partial charge in [0, 0.05) is 39.2 Å². The van der Waals surface area contributed by atoms with Crippen molar-refractivity contribution in [2.45, 2.75) is 25.1 Å². The zero-order valence-corrected chi connectivity index (χ0v) is 17.0. The van der Waals surface area contributed by atoms with Gasteiger partial charge in [-0.25, -0.2) is 0 Å². The molecule has 10 heteroatoms. The Morgan fingerprint density at radius 2 is 2.27 bits per heavy atom. The van der Waals surface area contributed by atoms with Crippen molar-refractivity contribution in [3.63, 3.8) is 0 Å². The molecule has 1 unspecified atom stereocenters. The molecular weight excluding hydrogens is 464 g/mol. The van der Waals surface area contributed by atoms with Crippen LogP contribution in [-0.2, 0) is 11.2 Å². The first-order valence-corrected chi connectivity index (χ1v) is 8.31. The summed E-state index contributed by atoms with van der Waals surface area (Å²) in [5.74, 6) is 1.45. The summed E-state index contributed by atoms with van der Waals surface area (Å²) in [6.07, 6.45) is -1.19. The van der Waals surface area contributed by atoms with E-state index in [1.807, 2.05) is 12.1 Å². The molecule has 26 heavy (non-hydrogen) atoms. The lowest BCUT2D eigenvalue weighted by molar-refractivity contribution is -0.143. The van der Waals surface area contributed by atoms with Gasteiger partial charge in [0.25, 0.3) is 0 Å². The van der Waals surface area contributed by atoms with Crippen molar-refractivity contribution in [3.05, 3.63) is 24.2 Å². The van der Waals surface area contributed by atoms with E-state index in [-0.39, 0.29) is 30.0 Å². The van der Waals surface area contributed by atoms with Crippen LogP contribution >= 0.6 is 24.0 Å². The number of hydrogen-bond acceptors (Lipinski definition) is 4. The van der Waals surface area contributed by atoms with E-state index in [0.29, 0.717) is 51.6 Å². The van der Waals surface area contributed by atoms with Crippen LogP contribution in [0, 0.1) is 0 Å². The second kappa shape index (κ2) is 11.7. The Morgan fingerprint density at radius 1 is 1.46 bits per heavy atom. The number of likely N-dealkylation sites (tertiary alicyclic amines) is 1. The van der Waals surface area contributed by atoms with E-state index in [4.69, 9.17) is 9.15 Å². The average molecular weight is 490 g/mol. The second-order valence-electron chi connectivity index (χ2n) is 5.96. The number of furan rings is 1. The lowest BCUT2D eigenvalue weighted by Gasteiger charge is -2.20. The van der Waals surface area contributed by atoms with Crippen LogP contribution in [0.15, 0.2) is 27.8 Å². The molecule has 2 N–H and O–H groups in total. The minimum Gasteiger partial charge on any atom is -0.469 e. The number of nitrogens with one attached hydrogen (secondary N) is 2. The van der Waals surface area contributed by atoms with Gasteiger partial charge in [0.15, 0.2) is 5.96 Å². The van der Waals surface area contributed by atoms with Crippen LogP contribution in [0.5, 0.6) is 0 Å². The van der Waals surface area contributed by atoms with Gasteiger partial charge in [0.05, 0.1) is 26.0 Å². The van der Waals surface area contributed by atoms with Crippen molar-refractivity contribution < 1.29 is 22.3 Å². The molecule has 1 atom stereocenters. The third kappa shape index (κ3) is 9.08. The summed E-state index contributed by atoms with van der Waals surface area (Å²) in [6, 6.07) is 3.66. The summed E-state index contributed by atoms with van der Waals surface area (Å²) in [4.78, 5) is 5.80. The number of ether oxygens (including phenoxy) is 1. The number of guanidine groups is 1. The first kappa shape index (κ1) is 23.0. The summed E-state index contributed by atoms with van der Waals surface area (Å²) in [5, 5.41) is 6.40. The van der Waals surface area contributed by atoms with E-state index in [9.17, 15) is 13.2 Å². The number of alkyl halides is 3. The maximum Gasteiger partial charge on any atom is 0.401 e. The van der Waals surface area contributed by atoms with Gasteiger partial charge in [-0.3, -0.25) is 9.89 Å². The highest BCUT2D eigenvalue weighted by molar-refractivity contribution is 14.0. The molecule has 1 aromatic rings. The van der Waals surface area contributed by atoms with E-state index in [1.54, 1.807) is 13.4 Å². The van der Waals surface area contributed by atoms with Crippen LogP contribution in [0.4, 0.5) is 13.2 Å². The molecule has 0 radical (unpaired) electrons. The fourth-order valence-corrected chi connectivity index (χ4v) is 2.70. The molecule has 0 aliphatic carbocycles. The molecule has 1 saturated heterocycles. The minimum absolute atomic E-state index is 0. The van der Waals surface area contributed by atoms with Gasteiger partial charge in [0.1, 0.15) is 5.76 Å². The van der Waals surface area contributed by atoms with Crippen molar-refractivity contribution >= 4 is 29.9 Å². The van der Waals surface area contributed by atoms with Gasteiger partial charge >= 0.3 is 6.18 Å². The average Bonchev–Trinajstić information content (AvgIpc) is 3.18. The maximum absolute atomic E-state index is 12.5. The summed E-state index contributed by atoms with van der Waals surface area (Å²) >= 11 is 0. The molecule has 1 aliphatic rings. The Labute approximate surface area is 168 Å². The van der Waals surface area contributed by atoms with Crippen molar-refractivity contribution in [2.75, 3.05) is 46.4 Å². The quantitative estimate of drug-likeness (QED) is 0.254. The molecule has 6 nitrogen and oxygen atoms in total. The van der Waals surface area contributed by atoms with E-state index in [1.165, 1.54) is 4.90 Å². The Morgan fingerprint density at radius 3 is 2.92 bits per heavy atom. The monoisotopic (exact) mass is 490 g/mol. The fraction of sp³-hybridized carbons (Fsp3) is 0.688. The van der Waals surface area contributed by atoms with Crippen LogP contribution in [-0.4, -0.2) is 69.5 Å². The third-order valence-electron chi connectivity index (χ3n) is 3.83. The van der Waals surface area contributed by atoms with Crippen LogP contribution in [0.2, 0.25) is 0 Å². The smallest absolute Gasteiger partial charge is 0.401 e. The van der Waals surface area contributed by atoms with E-state index < -0.39 is 12.7 Å². The van der Waals surface area contributed by atoms with Gasteiger partial charge in [-0.2, -0.15) is 13.2 Å². The lowest BCUT2D eigenvalue weighted by Crippen LogP contribution is -2.46. The normalized spacial score (nSPS) is 18.6. The van der Waals surface area contributed by atoms with Crippen molar-refractivity contribution in [2.24, 2.45) is 4.99 Å². The van der Waals surface area contributed by atoms with Crippen molar-refractivity contribution in [3.8, 4) is 0 Å². The Hall–Kier alpha value is -1.01. The molecular formula is C16H26F3IN4O2. The number of halogens is 4. The fourth-order valence-electron chi connectivity index (χ4n) is 2.70. The first-order chi connectivity index (χ1) is 12.0. The molecule has 0 aromatic carbocycles. The molecule has 2 heterocycles. The van der Waals surface area contributed by atoms with E-state index >= 15 is 0 Å². The summed E-state index contributed by atoms with van der Waals surface area (Å²) in [5.41, 5.74) is 0. The SMILES string of the molecule is COCCN=C(NCCc1ccco1)NC1CCN(CC(F)(F)F)C1.I. The second-order valence-corrected chi connectivity index (χ2v) is 5.96. The topological polar surface area (TPSA) is 62.0 Å². The van der Waals surface area contributed by atoms with Gasteiger partial charge < -0.3 is 19.8 Å². The highest BCUT2D eigenvalue weighted by atomic mass is 127. The number of hydrogen-bond donors (Lipinski definition) is 2. The zero-order valence-electron chi connectivity index (χ0n) is 14.7. The first-order valence-electron chi connectivity index (χ1n) is 8.31. The summed E-state index contributed by atoms with van der Waals surface area (Å²) in [7, 11) is 1.60. The predicted octanol–water partition coefficient (Wildman–Crippen LogP) is 2.26. The maximum atomic E-state index is 12.5. The Bertz CT molecular complexity index is 526. The number of nitrogens with zero attached hydrogens (tertiary/aromatic N) is 2. The number of rotatable bonds is 8. The Balaban J connectivity index is 0.00000338. The molecule has 0 spiro atoms. The number of methoxy groups -OCH3 is 1. The third-order valence-corrected chi connectivity index (χ3v) is 3.83. The molecule has 2 rings (SSSR count). The number of aliphatic imine (C=N–C) groups is 1. The molecule has 1 aliphatic heterocycles. The lowest BCUT2D eigenvalue weighted by atomic mass is 10.3. The van der Waals surface area contributed by atoms with E-state index in [2.05, 4.69) is 15.6 Å². The van der Waals surface area contributed by atoms with Crippen LogP contribution in [0.25, 0.3) is 0 Å². The molecule has 1 fully saturated rings. The summed E-state index contributed by atoms with van der Waals surface area (Å²) < 4.78 is 47.7. The standard InChI is InChI=1S/C16H25F3N4O2.HI/c1-24-10-7-21-15(20-6-4-14-3-2-9-25-14)22-13-5-8-23(11-13)12-16(17,18)19;/h2-3,9,13H,4-8,10-12H2,1H3,(H2,20,21,22);1H. The van der Waals surface area contributed by atoms with Crippen LogP contribution in [0.3, 0.4) is 0 Å². The van der Waals surface area contributed by atoms with Gasteiger partial charge in [-0.1, -0.05) is 0 Å². The van der Waals surface area contributed by atoms with Crippen LogP contribution in [0.1, 0.15) is 12.2 Å². The summed E-state index contributed by atoms with van der Waals surface area (Å²) in [6.45, 7) is 1.48. The Kier molecular flexibility index (Phi) is 10.3. The highest BCUT2D eigenvalue weighted by Gasteiger charge is 2.34. The minimum atomic E-state index is -4.16. The van der Waals surface area contributed by atoms with Crippen molar-refractivity contribution in [1.82, 2.24) is 15.5 Å². The van der Waals surface area contributed by atoms with Crippen molar-refractivity contribution in [1.29, 1.82) is 0 Å². The zero-order chi connectivity index (χ0) is 18.1. The van der Waals surface area contributed by atoms with Crippen LogP contribution < -0.4 is 10.6 Å². The molecule has 1 aromatic heterocycles. The molecule has 0 amide bonds. The largest absolute Gasteiger partial charge is 0.469 e. The van der Waals surface area contributed by atoms with Gasteiger partial charge in [-0.15, -0.1) is 24.0 Å². The van der Waals surface area contributed by atoms with Gasteiger partial charge in [-0.05, 0) is 18.6 Å². The van der Waals surface area contributed by atoms with E-state index in [0.717, 1.165) is 5.76 Å².